The molecule has 0 aliphatic carbocycles. The Balaban J connectivity index is 1.66. The number of ether oxygens (including phenoxy) is 3. The second kappa shape index (κ2) is 11.5. The SMILES string of the molecule is CNC(=O)COCOc1cccc(Nc2ncc(F)c(Nc3ccc(OC(F)(F)F)c(Cl)c3)n2)c1. The normalized spacial score (nSPS) is 11.0. The van der Waals surface area contributed by atoms with Gasteiger partial charge in [0, 0.05) is 24.5 Å². The Morgan fingerprint density at radius 2 is 1.89 bits per heavy atom. The highest BCUT2D eigenvalue weighted by Gasteiger charge is 2.32. The molecular formula is C21H18ClF4N5O4. The molecule has 9 nitrogen and oxygen atoms in total. The van der Waals surface area contributed by atoms with Gasteiger partial charge in [0.2, 0.25) is 11.9 Å². The van der Waals surface area contributed by atoms with E-state index in [1.165, 1.54) is 13.1 Å². The number of amides is 1. The molecule has 35 heavy (non-hydrogen) atoms. The molecule has 186 valence electrons. The van der Waals surface area contributed by atoms with E-state index < -0.39 is 17.9 Å². The molecule has 1 amide bonds. The van der Waals surface area contributed by atoms with E-state index >= 15 is 0 Å². The Morgan fingerprint density at radius 3 is 2.60 bits per heavy atom. The highest BCUT2D eigenvalue weighted by Crippen LogP contribution is 2.33. The molecule has 0 aliphatic heterocycles. The first-order valence-corrected chi connectivity index (χ1v) is 10.1. The van der Waals surface area contributed by atoms with Crippen LogP contribution in [0, 0.1) is 5.82 Å². The summed E-state index contributed by atoms with van der Waals surface area (Å²) in [5.41, 5.74) is 0.670. The fraction of sp³-hybridized carbons (Fsp3) is 0.190. The minimum absolute atomic E-state index is 0.0186. The summed E-state index contributed by atoms with van der Waals surface area (Å²) in [6.07, 6.45) is -3.99. The molecule has 14 heteroatoms. The van der Waals surface area contributed by atoms with Crippen molar-refractivity contribution in [2.45, 2.75) is 6.36 Å². The van der Waals surface area contributed by atoms with E-state index in [-0.39, 0.29) is 41.8 Å². The number of benzene rings is 2. The summed E-state index contributed by atoms with van der Waals surface area (Å²) in [5, 5.41) is 7.58. The summed E-state index contributed by atoms with van der Waals surface area (Å²) in [7, 11) is 1.48. The number of anilines is 4. The van der Waals surface area contributed by atoms with E-state index in [0.717, 1.165) is 18.3 Å². The van der Waals surface area contributed by atoms with Crippen LogP contribution in [-0.4, -0.2) is 42.7 Å². The molecule has 0 atom stereocenters. The van der Waals surface area contributed by atoms with Crippen molar-refractivity contribution in [2.75, 3.05) is 31.1 Å². The first-order valence-electron chi connectivity index (χ1n) is 9.76. The Kier molecular flexibility index (Phi) is 8.49. The second-order valence-electron chi connectivity index (χ2n) is 6.64. The lowest BCUT2D eigenvalue weighted by atomic mass is 10.3. The zero-order valence-electron chi connectivity index (χ0n) is 18.0. The standard InChI is InChI=1S/C21H18ClF4N5O4/c1-27-18(32)10-33-11-34-14-4-2-3-12(7-14)30-20-28-9-16(23)19(31-20)29-13-5-6-17(15(22)8-13)35-21(24,25)26/h2-9H,10-11H2,1H3,(H,27,32)(H2,28,29,30,31). The third-order valence-corrected chi connectivity index (χ3v) is 4.37. The van der Waals surface area contributed by atoms with Crippen molar-refractivity contribution in [3.63, 3.8) is 0 Å². The van der Waals surface area contributed by atoms with Crippen LogP contribution in [0.15, 0.2) is 48.7 Å². The van der Waals surface area contributed by atoms with Gasteiger partial charge < -0.3 is 30.2 Å². The summed E-state index contributed by atoms with van der Waals surface area (Å²) < 4.78 is 65.7. The summed E-state index contributed by atoms with van der Waals surface area (Å²) >= 11 is 5.82. The number of hydrogen-bond donors (Lipinski definition) is 3. The van der Waals surface area contributed by atoms with E-state index in [0.29, 0.717) is 11.4 Å². The van der Waals surface area contributed by atoms with Crippen LogP contribution in [0.25, 0.3) is 0 Å². The van der Waals surface area contributed by atoms with Crippen molar-refractivity contribution in [3.05, 3.63) is 59.5 Å². The predicted octanol–water partition coefficient (Wildman–Crippen LogP) is 4.75. The van der Waals surface area contributed by atoms with Crippen LogP contribution in [0.3, 0.4) is 0 Å². The summed E-state index contributed by atoms with van der Waals surface area (Å²) in [6, 6.07) is 9.94. The Morgan fingerprint density at radius 1 is 1.11 bits per heavy atom. The fourth-order valence-corrected chi connectivity index (χ4v) is 2.77. The van der Waals surface area contributed by atoms with Crippen LogP contribution in [-0.2, 0) is 9.53 Å². The van der Waals surface area contributed by atoms with Gasteiger partial charge in [-0.25, -0.2) is 9.37 Å². The van der Waals surface area contributed by atoms with E-state index in [4.69, 9.17) is 21.1 Å². The molecule has 0 unspecified atom stereocenters. The highest BCUT2D eigenvalue weighted by molar-refractivity contribution is 6.32. The summed E-state index contributed by atoms with van der Waals surface area (Å²) in [4.78, 5) is 19.0. The zero-order chi connectivity index (χ0) is 25.4. The number of likely N-dealkylation sites (N-methyl/N-ethyl adjacent to an activating group) is 1. The third-order valence-electron chi connectivity index (χ3n) is 4.08. The number of nitrogens with zero attached hydrogens (tertiary/aromatic N) is 2. The molecule has 3 N–H and O–H groups in total. The average molecular weight is 516 g/mol. The molecule has 0 bridgehead atoms. The lowest BCUT2D eigenvalue weighted by molar-refractivity contribution is -0.274. The molecule has 0 radical (unpaired) electrons. The molecule has 3 aromatic rings. The Labute approximate surface area is 201 Å². The fourth-order valence-electron chi connectivity index (χ4n) is 2.55. The molecule has 0 saturated heterocycles. The number of carbonyl (C=O) groups excluding carboxylic acids is 1. The molecular weight excluding hydrogens is 498 g/mol. The number of hydrogen-bond acceptors (Lipinski definition) is 8. The van der Waals surface area contributed by atoms with Crippen LogP contribution in [0.1, 0.15) is 0 Å². The maximum atomic E-state index is 14.2. The molecule has 0 aliphatic rings. The Hall–Kier alpha value is -3.84. The first-order chi connectivity index (χ1) is 16.6. The van der Waals surface area contributed by atoms with Crippen LogP contribution in [0.4, 0.5) is 40.7 Å². The van der Waals surface area contributed by atoms with Gasteiger partial charge in [-0.2, -0.15) is 4.98 Å². The van der Waals surface area contributed by atoms with Gasteiger partial charge in [0.1, 0.15) is 18.1 Å². The molecule has 0 saturated carbocycles. The lowest BCUT2D eigenvalue weighted by Crippen LogP contribution is -2.24. The number of alkyl halides is 3. The molecule has 2 aromatic carbocycles. The van der Waals surface area contributed by atoms with Crippen molar-refractivity contribution in [1.29, 1.82) is 0 Å². The van der Waals surface area contributed by atoms with Gasteiger partial charge in [0.15, 0.2) is 18.4 Å². The van der Waals surface area contributed by atoms with Gasteiger partial charge >= 0.3 is 6.36 Å². The largest absolute Gasteiger partial charge is 0.573 e. The van der Waals surface area contributed by atoms with Gasteiger partial charge in [0.25, 0.3) is 0 Å². The number of aromatic nitrogens is 2. The smallest absolute Gasteiger partial charge is 0.467 e. The predicted molar refractivity (Wildman–Crippen MR) is 119 cm³/mol. The van der Waals surface area contributed by atoms with Gasteiger partial charge in [-0.3, -0.25) is 4.79 Å². The van der Waals surface area contributed by atoms with Crippen molar-refractivity contribution in [3.8, 4) is 11.5 Å². The summed E-state index contributed by atoms with van der Waals surface area (Å²) in [6.45, 7) is -0.315. The van der Waals surface area contributed by atoms with Crippen LogP contribution in [0.5, 0.6) is 11.5 Å². The minimum atomic E-state index is -4.90. The van der Waals surface area contributed by atoms with Crippen LogP contribution in [0.2, 0.25) is 5.02 Å². The molecule has 1 heterocycles. The Bertz CT molecular complexity index is 1180. The monoisotopic (exact) mass is 515 g/mol. The molecule has 0 spiro atoms. The van der Waals surface area contributed by atoms with Crippen molar-refractivity contribution >= 4 is 40.6 Å². The quantitative estimate of drug-likeness (QED) is 0.202. The highest BCUT2D eigenvalue weighted by atomic mass is 35.5. The van der Waals surface area contributed by atoms with E-state index in [1.807, 2.05) is 0 Å². The molecule has 0 fully saturated rings. The van der Waals surface area contributed by atoms with E-state index in [2.05, 4.69) is 30.7 Å². The number of halogens is 5. The van der Waals surface area contributed by atoms with Crippen molar-refractivity contribution in [1.82, 2.24) is 15.3 Å². The van der Waals surface area contributed by atoms with Gasteiger partial charge in [0.05, 0.1) is 11.2 Å². The van der Waals surface area contributed by atoms with Crippen molar-refractivity contribution < 1.29 is 36.6 Å². The number of rotatable bonds is 10. The maximum Gasteiger partial charge on any atom is 0.573 e. The average Bonchev–Trinajstić information content (AvgIpc) is 2.80. The van der Waals surface area contributed by atoms with Crippen LogP contribution >= 0.6 is 11.6 Å². The van der Waals surface area contributed by atoms with Gasteiger partial charge in [-0.1, -0.05) is 17.7 Å². The van der Waals surface area contributed by atoms with E-state index in [1.54, 1.807) is 24.3 Å². The number of carbonyl (C=O) groups is 1. The van der Waals surface area contributed by atoms with E-state index in [9.17, 15) is 22.4 Å². The maximum absolute atomic E-state index is 14.2. The summed E-state index contributed by atoms with van der Waals surface area (Å²) in [5.74, 6) is -1.52. The molecule has 1 aromatic heterocycles. The second-order valence-corrected chi connectivity index (χ2v) is 7.05. The van der Waals surface area contributed by atoms with Crippen molar-refractivity contribution in [2.24, 2.45) is 0 Å². The third kappa shape index (κ3) is 8.15. The molecule has 3 rings (SSSR count). The first kappa shape index (κ1) is 25.8. The van der Waals surface area contributed by atoms with Crippen LogP contribution < -0.4 is 25.4 Å². The zero-order valence-corrected chi connectivity index (χ0v) is 18.7. The lowest BCUT2D eigenvalue weighted by Gasteiger charge is -2.13. The van der Waals surface area contributed by atoms with Gasteiger partial charge in [-0.05, 0) is 30.3 Å². The minimum Gasteiger partial charge on any atom is -0.467 e. The number of nitrogens with one attached hydrogen (secondary N) is 3. The topological polar surface area (TPSA) is 107 Å². The van der Waals surface area contributed by atoms with Gasteiger partial charge in [-0.15, -0.1) is 13.2 Å².